The molecule has 0 aromatic carbocycles. The second kappa shape index (κ2) is 19.2. The van der Waals surface area contributed by atoms with Crippen LogP contribution in [-0.2, 0) is 9.59 Å². The third-order valence-electron chi connectivity index (χ3n) is 5.48. The van der Waals surface area contributed by atoms with Gasteiger partial charge in [-0.25, -0.2) is 0 Å². The molecule has 2 unspecified atom stereocenters. The molecule has 0 aliphatic heterocycles. The number of unbranched alkanes of at least 4 members (excludes halogenated alkanes) is 12. The van der Waals surface area contributed by atoms with Gasteiger partial charge in [-0.3, -0.25) is 9.59 Å². The number of nitrogens with two attached hydrogens (primary N) is 2. The Morgan fingerprint density at radius 1 is 0.643 bits per heavy atom. The van der Waals surface area contributed by atoms with E-state index in [2.05, 4.69) is 0 Å². The van der Waals surface area contributed by atoms with Crippen molar-refractivity contribution in [3.05, 3.63) is 0 Å². The molecular weight excluding hydrogens is 356 g/mol. The lowest BCUT2D eigenvalue weighted by atomic mass is 9.90. The molecule has 0 aromatic rings. The van der Waals surface area contributed by atoms with Crippen LogP contribution in [0.4, 0.5) is 0 Å². The van der Waals surface area contributed by atoms with Crippen molar-refractivity contribution < 1.29 is 19.8 Å². The molecule has 0 heterocycles. The Morgan fingerprint density at radius 3 is 1.54 bits per heavy atom. The highest BCUT2D eigenvalue weighted by Crippen LogP contribution is 2.19. The first kappa shape index (κ1) is 26.9. The van der Waals surface area contributed by atoms with E-state index in [1.807, 2.05) is 0 Å². The summed E-state index contributed by atoms with van der Waals surface area (Å²) in [6, 6.07) is -0.245. The summed E-state index contributed by atoms with van der Waals surface area (Å²) >= 11 is 0. The molecule has 0 aliphatic rings. The summed E-state index contributed by atoms with van der Waals surface area (Å²) in [5, 5.41) is 18.1. The second-order valence-corrected chi connectivity index (χ2v) is 8.07. The van der Waals surface area contributed by atoms with Crippen molar-refractivity contribution in [2.24, 2.45) is 17.4 Å². The second-order valence-electron chi connectivity index (χ2n) is 8.07. The van der Waals surface area contributed by atoms with Crippen LogP contribution >= 0.6 is 0 Å². The van der Waals surface area contributed by atoms with Crippen LogP contribution in [0.3, 0.4) is 0 Å². The maximum absolute atomic E-state index is 11.5. The van der Waals surface area contributed by atoms with Gasteiger partial charge < -0.3 is 21.7 Å². The van der Waals surface area contributed by atoms with Crippen LogP contribution in [0.5, 0.6) is 0 Å². The fraction of sp³-hybridized carbons (Fsp3) is 0.909. The summed E-state index contributed by atoms with van der Waals surface area (Å²) in [6.07, 6.45) is 16.7. The Hall–Kier alpha value is -1.14. The molecule has 0 bridgehead atoms. The number of rotatable bonds is 21. The van der Waals surface area contributed by atoms with E-state index in [4.69, 9.17) is 16.6 Å². The number of carboxylic acid groups (broad SMARTS) is 2. The zero-order valence-corrected chi connectivity index (χ0v) is 17.7. The number of aliphatic carboxylic acids is 2. The molecule has 6 heteroatoms. The lowest BCUT2D eigenvalue weighted by molar-refractivity contribution is -0.143. The van der Waals surface area contributed by atoms with Crippen LogP contribution in [0.25, 0.3) is 0 Å². The molecule has 0 aromatic heterocycles. The lowest BCUT2D eigenvalue weighted by Gasteiger charge is -2.20. The molecule has 0 fully saturated rings. The van der Waals surface area contributed by atoms with Crippen molar-refractivity contribution in [2.75, 3.05) is 6.54 Å². The molecular formula is C22H44N2O4. The molecule has 2 atom stereocenters. The Kier molecular flexibility index (Phi) is 18.4. The lowest BCUT2D eigenvalue weighted by Crippen LogP contribution is -2.35. The SMILES string of the molecule is NCCCCCCCCCC(N)C(CCCCCCCCCC(=O)O)C(=O)O. The fourth-order valence-electron chi connectivity index (χ4n) is 3.65. The maximum atomic E-state index is 11.5. The molecule has 6 N–H and O–H groups in total. The highest BCUT2D eigenvalue weighted by molar-refractivity contribution is 5.70. The summed E-state index contributed by atoms with van der Waals surface area (Å²) < 4.78 is 0. The van der Waals surface area contributed by atoms with Gasteiger partial charge >= 0.3 is 11.9 Å². The van der Waals surface area contributed by atoms with Crippen molar-refractivity contribution in [1.82, 2.24) is 0 Å². The summed E-state index contributed by atoms with van der Waals surface area (Å²) in [7, 11) is 0. The van der Waals surface area contributed by atoms with Crippen LogP contribution < -0.4 is 11.5 Å². The molecule has 0 aliphatic carbocycles. The summed E-state index contributed by atoms with van der Waals surface area (Å²) in [5.41, 5.74) is 11.7. The van der Waals surface area contributed by atoms with E-state index in [0.717, 1.165) is 77.2 Å². The third kappa shape index (κ3) is 17.0. The fourth-order valence-corrected chi connectivity index (χ4v) is 3.65. The minimum absolute atomic E-state index is 0.245. The summed E-state index contributed by atoms with van der Waals surface area (Å²) in [5.74, 6) is -1.92. The smallest absolute Gasteiger partial charge is 0.308 e. The van der Waals surface area contributed by atoms with Crippen molar-refractivity contribution >= 4 is 11.9 Å². The van der Waals surface area contributed by atoms with Crippen LogP contribution in [0.1, 0.15) is 109 Å². The van der Waals surface area contributed by atoms with E-state index < -0.39 is 17.9 Å². The Morgan fingerprint density at radius 2 is 1.07 bits per heavy atom. The highest BCUT2D eigenvalue weighted by atomic mass is 16.4. The van der Waals surface area contributed by atoms with E-state index in [0.29, 0.717) is 6.42 Å². The number of hydrogen-bond donors (Lipinski definition) is 4. The molecule has 0 amide bonds. The van der Waals surface area contributed by atoms with Gasteiger partial charge in [-0.1, -0.05) is 77.0 Å². The van der Waals surface area contributed by atoms with E-state index in [1.165, 1.54) is 25.7 Å². The quantitative estimate of drug-likeness (QED) is 0.207. The highest BCUT2D eigenvalue weighted by Gasteiger charge is 2.24. The van der Waals surface area contributed by atoms with Gasteiger partial charge in [0.25, 0.3) is 0 Å². The predicted octanol–water partition coefficient (Wildman–Crippen LogP) is 4.69. The average Bonchev–Trinajstić information content (AvgIpc) is 2.64. The average molecular weight is 401 g/mol. The minimum Gasteiger partial charge on any atom is -0.481 e. The van der Waals surface area contributed by atoms with Gasteiger partial charge in [0, 0.05) is 12.5 Å². The number of hydrogen-bond acceptors (Lipinski definition) is 4. The zero-order chi connectivity index (χ0) is 21.0. The first-order chi connectivity index (χ1) is 13.5. The van der Waals surface area contributed by atoms with Gasteiger partial charge in [0.2, 0.25) is 0 Å². The van der Waals surface area contributed by atoms with Crippen LogP contribution in [0, 0.1) is 5.92 Å². The van der Waals surface area contributed by atoms with Gasteiger partial charge in [-0.05, 0) is 32.2 Å². The number of carbonyl (C=O) groups is 2. The van der Waals surface area contributed by atoms with Gasteiger partial charge in [-0.2, -0.15) is 0 Å². The van der Waals surface area contributed by atoms with E-state index in [9.17, 15) is 14.7 Å². The maximum Gasteiger partial charge on any atom is 0.308 e. The van der Waals surface area contributed by atoms with Crippen molar-refractivity contribution in [3.63, 3.8) is 0 Å². The molecule has 0 spiro atoms. The van der Waals surface area contributed by atoms with Crippen molar-refractivity contribution in [2.45, 2.75) is 115 Å². The van der Waals surface area contributed by atoms with Crippen LogP contribution in [0.2, 0.25) is 0 Å². The van der Waals surface area contributed by atoms with Crippen LogP contribution in [0.15, 0.2) is 0 Å². The van der Waals surface area contributed by atoms with Gasteiger partial charge in [0.1, 0.15) is 0 Å². The molecule has 6 nitrogen and oxygen atoms in total. The third-order valence-corrected chi connectivity index (χ3v) is 5.48. The normalized spacial score (nSPS) is 13.4. The molecule has 0 saturated heterocycles. The predicted molar refractivity (Wildman–Crippen MR) is 114 cm³/mol. The largest absolute Gasteiger partial charge is 0.481 e. The summed E-state index contributed by atoms with van der Waals surface area (Å²) in [4.78, 5) is 22.0. The van der Waals surface area contributed by atoms with Gasteiger partial charge in [-0.15, -0.1) is 0 Å². The van der Waals surface area contributed by atoms with E-state index in [-0.39, 0.29) is 12.5 Å². The van der Waals surface area contributed by atoms with Gasteiger partial charge in [0.15, 0.2) is 0 Å². The standard InChI is InChI=1S/C22H44N2O4/c23-18-14-10-6-2-4-8-12-16-20(24)19(22(27)28)15-11-7-3-1-5-9-13-17-21(25)26/h19-20H,1-18,23-24H2,(H,25,26)(H,27,28). The first-order valence-electron chi connectivity index (χ1n) is 11.4. The topological polar surface area (TPSA) is 127 Å². The monoisotopic (exact) mass is 400 g/mol. The molecule has 0 saturated carbocycles. The zero-order valence-electron chi connectivity index (χ0n) is 17.7. The summed E-state index contributed by atoms with van der Waals surface area (Å²) in [6.45, 7) is 0.776. The Balaban J connectivity index is 3.69. The molecule has 28 heavy (non-hydrogen) atoms. The molecule has 166 valence electrons. The van der Waals surface area contributed by atoms with Gasteiger partial charge in [0.05, 0.1) is 5.92 Å². The Bertz CT molecular complexity index is 391. The van der Waals surface area contributed by atoms with Crippen molar-refractivity contribution in [3.8, 4) is 0 Å². The first-order valence-corrected chi connectivity index (χ1v) is 11.4. The number of carboxylic acids is 2. The minimum atomic E-state index is -0.761. The van der Waals surface area contributed by atoms with Crippen molar-refractivity contribution in [1.29, 1.82) is 0 Å². The Labute approximate surface area is 171 Å². The molecule has 0 radical (unpaired) electrons. The van der Waals surface area contributed by atoms with E-state index >= 15 is 0 Å². The van der Waals surface area contributed by atoms with Crippen LogP contribution in [-0.4, -0.2) is 34.7 Å². The van der Waals surface area contributed by atoms with E-state index in [1.54, 1.807) is 0 Å². The molecule has 0 rings (SSSR count).